The molecule has 0 saturated carbocycles. The Labute approximate surface area is 105 Å². The summed E-state index contributed by atoms with van der Waals surface area (Å²) < 4.78 is 5.23. The van der Waals surface area contributed by atoms with Gasteiger partial charge in [0.2, 0.25) is 0 Å². The Hall–Kier alpha value is -2.04. The Morgan fingerprint density at radius 1 is 1.50 bits per heavy atom. The highest BCUT2D eigenvalue weighted by Gasteiger charge is 2.05. The Bertz CT molecular complexity index is 544. The lowest BCUT2D eigenvalue weighted by Crippen LogP contribution is -2.15. The number of hydrogen-bond acceptors (Lipinski definition) is 4. The van der Waals surface area contributed by atoms with Crippen molar-refractivity contribution in [2.45, 2.75) is 26.2 Å². The molecule has 0 aliphatic carbocycles. The SMILES string of the molecule is CC(C)c1nc(NCCc2ccco2)cc(=O)[nH]1. The van der Waals surface area contributed by atoms with E-state index in [-0.39, 0.29) is 11.5 Å². The lowest BCUT2D eigenvalue weighted by atomic mass is 10.2. The molecule has 2 heterocycles. The molecule has 0 bridgehead atoms. The number of hydrogen-bond donors (Lipinski definition) is 2. The summed E-state index contributed by atoms with van der Waals surface area (Å²) >= 11 is 0. The van der Waals surface area contributed by atoms with E-state index in [2.05, 4.69) is 15.3 Å². The lowest BCUT2D eigenvalue weighted by molar-refractivity contribution is 0.513. The van der Waals surface area contributed by atoms with Crippen LogP contribution in [0.5, 0.6) is 0 Å². The Morgan fingerprint density at radius 3 is 3.00 bits per heavy atom. The fourth-order valence-electron chi connectivity index (χ4n) is 1.61. The second-order valence-corrected chi connectivity index (χ2v) is 4.43. The summed E-state index contributed by atoms with van der Waals surface area (Å²) in [5.41, 5.74) is -0.130. The quantitative estimate of drug-likeness (QED) is 0.849. The van der Waals surface area contributed by atoms with E-state index in [1.807, 2.05) is 26.0 Å². The van der Waals surface area contributed by atoms with Gasteiger partial charge in [0.25, 0.3) is 5.56 Å². The van der Waals surface area contributed by atoms with Gasteiger partial charge in [-0.25, -0.2) is 4.98 Å². The van der Waals surface area contributed by atoms with Crippen molar-refractivity contribution in [2.24, 2.45) is 0 Å². The van der Waals surface area contributed by atoms with Crippen molar-refractivity contribution in [3.05, 3.63) is 46.4 Å². The van der Waals surface area contributed by atoms with E-state index in [1.165, 1.54) is 6.07 Å². The molecule has 0 aliphatic rings. The first-order valence-electron chi connectivity index (χ1n) is 6.02. The molecule has 18 heavy (non-hydrogen) atoms. The van der Waals surface area contributed by atoms with Crippen LogP contribution in [0.4, 0.5) is 5.82 Å². The molecule has 0 amide bonds. The second kappa shape index (κ2) is 5.53. The molecule has 2 aromatic rings. The van der Waals surface area contributed by atoms with Crippen LogP contribution in [-0.2, 0) is 6.42 Å². The number of H-pyrrole nitrogens is 1. The van der Waals surface area contributed by atoms with Gasteiger partial charge in [0.1, 0.15) is 17.4 Å². The van der Waals surface area contributed by atoms with Gasteiger partial charge in [0, 0.05) is 24.9 Å². The largest absolute Gasteiger partial charge is 0.469 e. The predicted octanol–water partition coefficient (Wildman–Crippen LogP) is 2.14. The molecule has 5 heteroatoms. The summed E-state index contributed by atoms with van der Waals surface area (Å²) in [6.45, 7) is 4.66. The van der Waals surface area contributed by atoms with Crippen LogP contribution in [0.1, 0.15) is 31.4 Å². The van der Waals surface area contributed by atoms with Crippen molar-refractivity contribution in [3.63, 3.8) is 0 Å². The molecular formula is C13H17N3O2. The average molecular weight is 247 g/mol. The Morgan fingerprint density at radius 2 is 2.33 bits per heavy atom. The molecule has 0 fully saturated rings. The number of aromatic amines is 1. The van der Waals surface area contributed by atoms with Crippen molar-refractivity contribution in [1.82, 2.24) is 9.97 Å². The minimum absolute atomic E-state index is 0.130. The van der Waals surface area contributed by atoms with Crippen LogP contribution in [0.15, 0.2) is 33.7 Å². The van der Waals surface area contributed by atoms with Crippen LogP contribution >= 0.6 is 0 Å². The van der Waals surface area contributed by atoms with Gasteiger partial charge in [-0.1, -0.05) is 13.8 Å². The predicted molar refractivity (Wildman–Crippen MR) is 69.8 cm³/mol. The first kappa shape index (κ1) is 12.4. The molecular weight excluding hydrogens is 230 g/mol. The van der Waals surface area contributed by atoms with E-state index >= 15 is 0 Å². The van der Waals surface area contributed by atoms with Crippen LogP contribution in [-0.4, -0.2) is 16.5 Å². The van der Waals surface area contributed by atoms with E-state index < -0.39 is 0 Å². The zero-order valence-electron chi connectivity index (χ0n) is 10.6. The fraction of sp³-hybridized carbons (Fsp3) is 0.385. The number of anilines is 1. The van der Waals surface area contributed by atoms with Gasteiger partial charge in [0.05, 0.1) is 6.26 Å². The average Bonchev–Trinajstić information content (AvgIpc) is 2.81. The Kier molecular flexibility index (Phi) is 3.82. The molecule has 2 rings (SSSR count). The minimum atomic E-state index is -0.130. The highest BCUT2D eigenvalue weighted by atomic mass is 16.3. The molecule has 0 saturated heterocycles. The van der Waals surface area contributed by atoms with Crippen LogP contribution in [0.2, 0.25) is 0 Å². The third kappa shape index (κ3) is 3.23. The molecule has 96 valence electrons. The van der Waals surface area contributed by atoms with E-state index in [1.54, 1.807) is 6.26 Å². The van der Waals surface area contributed by atoms with Crippen molar-refractivity contribution >= 4 is 5.82 Å². The maximum absolute atomic E-state index is 11.5. The normalized spacial score (nSPS) is 10.8. The smallest absolute Gasteiger partial charge is 0.252 e. The van der Waals surface area contributed by atoms with Gasteiger partial charge < -0.3 is 14.7 Å². The molecule has 2 N–H and O–H groups in total. The summed E-state index contributed by atoms with van der Waals surface area (Å²) in [6, 6.07) is 5.25. The summed E-state index contributed by atoms with van der Waals surface area (Å²) in [6.07, 6.45) is 2.41. The summed E-state index contributed by atoms with van der Waals surface area (Å²) in [7, 11) is 0. The van der Waals surface area contributed by atoms with Crippen LogP contribution < -0.4 is 10.9 Å². The molecule has 2 aromatic heterocycles. The minimum Gasteiger partial charge on any atom is -0.469 e. The number of aromatic nitrogens is 2. The van der Waals surface area contributed by atoms with Gasteiger partial charge in [-0.2, -0.15) is 0 Å². The molecule has 0 aliphatic heterocycles. The Balaban J connectivity index is 1.98. The fourth-order valence-corrected chi connectivity index (χ4v) is 1.61. The van der Waals surface area contributed by atoms with Crippen LogP contribution in [0, 0.1) is 0 Å². The highest BCUT2D eigenvalue weighted by Crippen LogP contribution is 2.09. The van der Waals surface area contributed by atoms with Crippen molar-refractivity contribution in [1.29, 1.82) is 0 Å². The lowest BCUT2D eigenvalue weighted by Gasteiger charge is -2.08. The van der Waals surface area contributed by atoms with E-state index in [0.29, 0.717) is 18.2 Å². The molecule has 0 unspecified atom stereocenters. The van der Waals surface area contributed by atoms with Crippen LogP contribution in [0.25, 0.3) is 0 Å². The van der Waals surface area contributed by atoms with E-state index in [0.717, 1.165) is 12.2 Å². The molecule has 0 spiro atoms. The zero-order chi connectivity index (χ0) is 13.0. The number of nitrogens with zero attached hydrogens (tertiary/aromatic N) is 1. The highest BCUT2D eigenvalue weighted by molar-refractivity contribution is 5.33. The molecule has 0 aromatic carbocycles. The first-order valence-corrected chi connectivity index (χ1v) is 6.02. The van der Waals surface area contributed by atoms with E-state index in [4.69, 9.17) is 4.42 Å². The van der Waals surface area contributed by atoms with Crippen LogP contribution in [0.3, 0.4) is 0 Å². The number of rotatable bonds is 5. The molecule has 0 radical (unpaired) electrons. The summed E-state index contributed by atoms with van der Waals surface area (Å²) in [4.78, 5) is 18.5. The number of nitrogens with one attached hydrogen (secondary N) is 2. The zero-order valence-corrected chi connectivity index (χ0v) is 10.6. The number of furan rings is 1. The molecule has 0 atom stereocenters. The van der Waals surface area contributed by atoms with Gasteiger partial charge >= 0.3 is 0 Å². The monoisotopic (exact) mass is 247 g/mol. The van der Waals surface area contributed by atoms with E-state index in [9.17, 15) is 4.79 Å². The van der Waals surface area contributed by atoms with Crippen molar-refractivity contribution in [2.75, 3.05) is 11.9 Å². The van der Waals surface area contributed by atoms with Crippen molar-refractivity contribution < 1.29 is 4.42 Å². The van der Waals surface area contributed by atoms with Crippen molar-refractivity contribution in [3.8, 4) is 0 Å². The topological polar surface area (TPSA) is 70.9 Å². The second-order valence-electron chi connectivity index (χ2n) is 4.43. The van der Waals surface area contributed by atoms with Gasteiger partial charge in [-0.3, -0.25) is 4.79 Å². The third-order valence-corrected chi connectivity index (χ3v) is 2.56. The summed E-state index contributed by atoms with van der Waals surface area (Å²) in [5.74, 6) is 2.41. The summed E-state index contributed by atoms with van der Waals surface area (Å²) in [5, 5.41) is 3.13. The maximum atomic E-state index is 11.5. The molecule has 5 nitrogen and oxygen atoms in total. The maximum Gasteiger partial charge on any atom is 0.252 e. The van der Waals surface area contributed by atoms with Gasteiger partial charge in [-0.05, 0) is 12.1 Å². The van der Waals surface area contributed by atoms with Gasteiger partial charge in [-0.15, -0.1) is 0 Å². The first-order chi connectivity index (χ1) is 8.65. The van der Waals surface area contributed by atoms with Gasteiger partial charge in [0.15, 0.2) is 0 Å². The third-order valence-electron chi connectivity index (χ3n) is 2.56. The standard InChI is InChI=1S/C13H17N3O2/c1-9(2)13-15-11(8-12(17)16-13)14-6-5-10-4-3-7-18-10/h3-4,7-9H,5-6H2,1-2H3,(H2,14,15,16,17).